The molecule has 2 aliphatic rings. The van der Waals surface area contributed by atoms with Gasteiger partial charge in [0.05, 0.1) is 48.6 Å². The molecule has 0 aliphatic carbocycles. The maximum absolute atomic E-state index is 14.7. The van der Waals surface area contributed by atoms with Gasteiger partial charge >= 0.3 is 0 Å². The second-order valence-corrected chi connectivity index (χ2v) is 22.5. The molecule has 0 saturated carbocycles. The fourth-order valence-electron chi connectivity index (χ4n) is 9.70. The number of carbonyl (C=O) groups is 6. The molecule has 0 spiro atoms. The number of nitrogens with one attached hydrogen (secondary N) is 6. The van der Waals surface area contributed by atoms with E-state index in [1.807, 2.05) is 140 Å². The third-order valence-electron chi connectivity index (χ3n) is 14.7. The smallest absolute Gasteiger partial charge is 0.246 e. The van der Waals surface area contributed by atoms with Crippen LogP contribution in [0.1, 0.15) is 117 Å². The van der Waals surface area contributed by atoms with Crippen LogP contribution in [0.15, 0.2) is 97.3 Å². The topological polar surface area (TPSA) is 242 Å². The Kier molecular flexibility index (Phi) is 20.9. The average molecular weight is 1110 g/mol. The van der Waals surface area contributed by atoms with Gasteiger partial charge in [0, 0.05) is 37.1 Å². The number of aromatic nitrogens is 6. The molecule has 20 nitrogen and oxygen atoms in total. The third kappa shape index (κ3) is 14.5. The maximum atomic E-state index is 14.7. The van der Waals surface area contributed by atoms with Gasteiger partial charge in [-0.1, -0.05) is 131 Å². The van der Waals surface area contributed by atoms with Crippen LogP contribution >= 0.6 is 24.8 Å². The minimum atomic E-state index is -0.930. The second-order valence-electron chi connectivity index (χ2n) is 22.5. The predicted octanol–water partition coefficient (Wildman–Crippen LogP) is 5.36. The summed E-state index contributed by atoms with van der Waals surface area (Å²) in [6.07, 6.45) is 4.11. The van der Waals surface area contributed by atoms with Crippen molar-refractivity contribution < 1.29 is 28.8 Å². The van der Waals surface area contributed by atoms with Crippen LogP contribution in [0.2, 0.25) is 0 Å². The van der Waals surface area contributed by atoms with Crippen LogP contribution in [-0.4, -0.2) is 139 Å². The summed E-state index contributed by atoms with van der Waals surface area (Å²) in [6.45, 7) is 18.8. The van der Waals surface area contributed by atoms with Crippen LogP contribution in [0.5, 0.6) is 0 Å². The van der Waals surface area contributed by atoms with Gasteiger partial charge in [0.1, 0.15) is 35.6 Å². The maximum Gasteiger partial charge on any atom is 0.246 e. The Balaban J connectivity index is 0.00000560. The Morgan fingerprint density at radius 2 is 0.885 bits per heavy atom. The summed E-state index contributed by atoms with van der Waals surface area (Å²) in [5.41, 5.74) is 3.02. The molecule has 6 amide bonds. The molecule has 2 fully saturated rings. The third-order valence-corrected chi connectivity index (χ3v) is 14.7. The predicted molar refractivity (Wildman–Crippen MR) is 303 cm³/mol. The monoisotopic (exact) mass is 1110 g/mol. The second kappa shape index (κ2) is 26.3. The summed E-state index contributed by atoms with van der Waals surface area (Å²) in [5, 5.41) is 36.2. The number of likely N-dealkylation sites (tertiary alicyclic amines) is 2. The Bertz CT molecular complexity index is 2670. The lowest BCUT2D eigenvalue weighted by Gasteiger charge is -2.36. The van der Waals surface area contributed by atoms with Gasteiger partial charge < -0.3 is 41.7 Å². The van der Waals surface area contributed by atoms with Crippen molar-refractivity contribution in [2.45, 2.75) is 142 Å². The van der Waals surface area contributed by atoms with Crippen molar-refractivity contribution in [1.82, 2.24) is 71.7 Å². The number of carbonyl (C=O) groups excluding carboxylic acids is 6. The molecule has 10 atom stereocenters. The highest BCUT2D eigenvalue weighted by molar-refractivity contribution is 5.95. The highest BCUT2D eigenvalue weighted by atomic mass is 35.5. The summed E-state index contributed by atoms with van der Waals surface area (Å²) in [4.78, 5) is 87.4. The van der Waals surface area contributed by atoms with Crippen LogP contribution in [-0.2, 0) is 28.8 Å². The van der Waals surface area contributed by atoms with E-state index in [4.69, 9.17) is 0 Å². The van der Waals surface area contributed by atoms with Crippen molar-refractivity contribution in [2.24, 2.45) is 10.8 Å². The lowest BCUT2D eigenvalue weighted by molar-refractivity contribution is -0.144. The van der Waals surface area contributed by atoms with Crippen LogP contribution in [0.25, 0.3) is 22.5 Å². The molecular formula is C56H78Cl2N14O6. The molecule has 22 heteroatoms. The molecule has 2 aromatic heterocycles. The van der Waals surface area contributed by atoms with Crippen molar-refractivity contribution in [3.05, 3.63) is 108 Å². The van der Waals surface area contributed by atoms with Gasteiger partial charge in [-0.2, -0.15) is 0 Å². The SMILES string of the molecule is CN[C@@H](C)C(=O)N[C@H](C(=O)N1C[C@@H](n2cc(-c3cccc(-c4cn([C@H]5C[C@@H](C(=O)N[C@H](C)c6ccccc6)N(C(=O)[C@@H](NC(=O)[C@H](C)NC)C(C)(C)C)C5)nn4)c3)nn2)C[C@H]1C(=O)N[C@H](C)c1ccccc1)C(C)(C)C.Cl.Cl. The van der Waals surface area contributed by atoms with Crippen LogP contribution in [0.4, 0.5) is 0 Å². The highest BCUT2D eigenvalue weighted by Gasteiger charge is 2.48. The van der Waals surface area contributed by atoms with Crippen LogP contribution in [0.3, 0.4) is 0 Å². The molecule has 0 unspecified atom stereocenters. The van der Waals surface area contributed by atoms with Crippen LogP contribution in [0, 0.1) is 10.8 Å². The van der Waals surface area contributed by atoms with Crippen LogP contribution < -0.4 is 31.9 Å². The standard InChI is InChI=1S/C56H76N14O6.2ClH/c1-33(37-20-15-13-16-21-37)59-51(73)45-27-41(29-67(45)53(75)47(55(5,6)7)61-49(71)35(3)57-11)69-31-43(63-65-69)39-24-19-25-40(26-39)44-32-70(66-64-44)42-28-46(52(74)60-34(2)38-22-17-14-18-23-38)68(30-42)54(76)48(56(8,9)10)62-50(72)36(4)58-12;;/h13-26,31-36,41-42,45-48,57-58H,27-30H2,1-12H3,(H,59,73)(H,60,74)(H,61,71)(H,62,72);2*1H/t33-,34-,35+,36+,41+,42+,45+,46+,47-,48-;;/m1../s1. The van der Waals surface area contributed by atoms with E-state index in [0.717, 1.165) is 22.3 Å². The van der Waals surface area contributed by atoms with E-state index >= 15 is 0 Å². The molecule has 0 radical (unpaired) electrons. The summed E-state index contributed by atoms with van der Waals surface area (Å²) in [7, 11) is 3.35. The highest BCUT2D eigenvalue weighted by Crippen LogP contribution is 2.35. The number of rotatable bonds is 18. The number of amides is 6. The van der Waals surface area contributed by atoms with Crippen molar-refractivity contribution in [2.75, 3.05) is 27.2 Å². The van der Waals surface area contributed by atoms with E-state index in [0.29, 0.717) is 11.4 Å². The number of nitrogens with zero attached hydrogens (tertiary/aromatic N) is 8. The summed E-state index contributed by atoms with van der Waals surface area (Å²) in [5.74, 6) is -2.04. The van der Waals surface area contributed by atoms with E-state index in [1.165, 1.54) is 0 Å². The van der Waals surface area contributed by atoms with Gasteiger partial charge in [-0.15, -0.1) is 35.0 Å². The first-order chi connectivity index (χ1) is 36.0. The largest absolute Gasteiger partial charge is 0.348 e. The zero-order valence-electron chi connectivity index (χ0n) is 46.7. The summed E-state index contributed by atoms with van der Waals surface area (Å²) < 4.78 is 3.38. The number of likely N-dealkylation sites (N-methyl/N-ethyl adjacent to an activating group) is 2. The van der Waals surface area contributed by atoms with E-state index in [1.54, 1.807) is 59.5 Å². The molecule has 7 rings (SSSR count). The molecule has 2 saturated heterocycles. The van der Waals surface area contributed by atoms with Crippen molar-refractivity contribution in [3.8, 4) is 22.5 Å². The molecule has 78 heavy (non-hydrogen) atoms. The zero-order valence-corrected chi connectivity index (χ0v) is 48.3. The van der Waals surface area contributed by atoms with Gasteiger partial charge in [-0.3, -0.25) is 28.8 Å². The molecule has 6 N–H and O–H groups in total. The molecule has 5 aromatic rings. The van der Waals surface area contributed by atoms with Gasteiger partial charge in [0.25, 0.3) is 0 Å². The Hall–Kier alpha value is -6.74. The van der Waals surface area contributed by atoms with Gasteiger partial charge in [-0.05, 0) is 69.8 Å². The van der Waals surface area contributed by atoms with Gasteiger partial charge in [0.2, 0.25) is 35.4 Å². The first-order valence-corrected chi connectivity index (χ1v) is 26.2. The lowest BCUT2D eigenvalue weighted by atomic mass is 9.85. The van der Waals surface area contributed by atoms with Crippen molar-refractivity contribution >= 4 is 60.3 Å². The summed E-state index contributed by atoms with van der Waals surface area (Å²) >= 11 is 0. The first kappa shape index (κ1) is 62.1. The first-order valence-electron chi connectivity index (χ1n) is 26.2. The molecule has 4 heterocycles. The number of hydrogen-bond acceptors (Lipinski definition) is 12. The molecular weight excluding hydrogens is 1040 g/mol. The number of hydrogen-bond donors (Lipinski definition) is 6. The zero-order chi connectivity index (χ0) is 55.2. The van der Waals surface area contributed by atoms with E-state index in [2.05, 4.69) is 52.5 Å². The Labute approximate surface area is 470 Å². The van der Waals surface area contributed by atoms with E-state index < -0.39 is 59.2 Å². The van der Waals surface area contributed by atoms with E-state index in [-0.39, 0.29) is 98.3 Å². The fourth-order valence-corrected chi connectivity index (χ4v) is 9.70. The minimum Gasteiger partial charge on any atom is -0.348 e. The quantitative estimate of drug-likeness (QED) is 0.0650. The molecule has 3 aromatic carbocycles. The number of halogens is 2. The van der Waals surface area contributed by atoms with Crippen molar-refractivity contribution in [3.63, 3.8) is 0 Å². The molecule has 422 valence electrons. The Morgan fingerprint density at radius 1 is 0.526 bits per heavy atom. The Morgan fingerprint density at radius 3 is 1.22 bits per heavy atom. The summed E-state index contributed by atoms with van der Waals surface area (Å²) in [6, 6.07) is 20.6. The fraction of sp³-hybridized carbons (Fsp3) is 0.500. The minimum absolute atomic E-state index is 0. The van der Waals surface area contributed by atoms with Gasteiger partial charge in [0.15, 0.2) is 0 Å². The number of benzene rings is 3. The molecule has 2 aliphatic heterocycles. The normalized spacial score (nSPS) is 19.7. The van der Waals surface area contributed by atoms with Crippen molar-refractivity contribution in [1.29, 1.82) is 0 Å². The van der Waals surface area contributed by atoms with E-state index in [9.17, 15) is 28.8 Å². The lowest BCUT2D eigenvalue weighted by Crippen LogP contribution is -2.59. The van der Waals surface area contributed by atoms with Gasteiger partial charge in [-0.25, -0.2) is 9.36 Å². The molecule has 0 bridgehead atoms. The average Bonchev–Trinajstić information content (AvgIpc) is 4.34.